The van der Waals surface area contributed by atoms with Gasteiger partial charge in [-0.1, -0.05) is 23.2 Å². The van der Waals surface area contributed by atoms with Gasteiger partial charge in [0, 0.05) is 12.4 Å². The maximum atomic E-state index is 11.2. The second-order valence-corrected chi connectivity index (χ2v) is 4.34. The van der Waals surface area contributed by atoms with Gasteiger partial charge >= 0.3 is 5.97 Å². The molecule has 0 aliphatic carbocycles. The van der Waals surface area contributed by atoms with E-state index in [-0.39, 0.29) is 28.0 Å². The second kappa shape index (κ2) is 5.86. The van der Waals surface area contributed by atoms with Crippen molar-refractivity contribution in [1.82, 2.24) is 9.97 Å². The van der Waals surface area contributed by atoms with Gasteiger partial charge in [-0.05, 0) is 12.1 Å². The summed E-state index contributed by atoms with van der Waals surface area (Å²) in [6, 6.07) is 2.88. The summed E-state index contributed by atoms with van der Waals surface area (Å²) >= 11 is 11.8. The predicted molar refractivity (Wildman–Crippen MR) is 69.8 cm³/mol. The molecule has 0 atom stereocenters. The molecule has 0 saturated carbocycles. The van der Waals surface area contributed by atoms with Gasteiger partial charge in [-0.3, -0.25) is 9.97 Å². The summed E-state index contributed by atoms with van der Waals surface area (Å²) in [6.07, 6.45) is 4.55. The first kappa shape index (κ1) is 13.6. The number of carboxylic acids is 1. The quantitative estimate of drug-likeness (QED) is 0.939. The highest BCUT2D eigenvalue weighted by molar-refractivity contribution is 6.36. The molecule has 1 N–H and O–H groups in total. The van der Waals surface area contributed by atoms with E-state index in [2.05, 4.69) is 9.97 Å². The van der Waals surface area contributed by atoms with Crippen molar-refractivity contribution >= 4 is 29.2 Å². The summed E-state index contributed by atoms with van der Waals surface area (Å²) in [6.45, 7) is 0.0498. The van der Waals surface area contributed by atoms with Gasteiger partial charge in [0.15, 0.2) is 5.75 Å². The third-order valence-corrected chi connectivity index (χ3v) is 2.87. The smallest absolute Gasteiger partial charge is 0.341 e. The van der Waals surface area contributed by atoms with Crippen molar-refractivity contribution in [2.45, 2.75) is 6.61 Å². The standard InChI is InChI=1S/C12H8Cl2N2O3/c13-8-1-2-9(14)11(10(8)12(17)18)19-6-7-5-15-3-4-16-7/h1-5H,6H2,(H,17,18). The largest absolute Gasteiger partial charge is 0.485 e. The third kappa shape index (κ3) is 3.13. The van der Waals surface area contributed by atoms with Crippen molar-refractivity contribution < 1.29 is 14.6 Å². The number of rotatable bonds is 4. The molecule has 2 aromatic rings. The molecule has 0 bridgehead atoms. The first-order valence-corrected chi connectivity index (χ1v) is 5.94. The predicted octanol–water partition coefficient (Wildman–Crippen LogP) is 3.06. The molecule has 1 aromatic heterocycles. The number of aromatic nitrogens is 2. The molecule has 5 nitrogen and oxygen atoms in total. The molecule has 1 aromatic carbocycles. The Kier molecular flexibility index (Phi) is 4.19. The number of carbonyl (C=O) groups is 1. The van der Waals surface area contributed by atoms with E-state index in [4.69, 9.17) is 33.0 Å². The molecule has 2 rings (SSSR count). The Balaban J connectivity index is 2.29. The van der Waals surface area contributed by atoms with E-state index in [0.29, 0.717) is 5.69 Å². The Morgan fingerprint density at radius 3 is 2.63 bits per heavy atom. The fourth-order valence-electron chi connectivity index (χ4n) is 1.42. The highest BCUT2D eigenvalue weighted by Crippen LogP contribution is 2.34. The van der Waals surface area contributed by atoms with E-state index in [0.717, 1.165) is 0 Å². The highest BCUT2D eigenvalue weighted by Gasteiger charge is 2.19. The van der Waals surface area contributed by atoms with Crippen LogP contribution in [0.15, 0.2) is 30.7 Å². The SMILES string of the molecule is O=C(O)c1c(Cl)ccc(Cl)c1OCc1cnccn1. The van der Waals surface area contributed by atoms with Gasteiger partial charge in [0.25, 0.3) is 0 Å². The number of aromatic carboxylic acids is 1. The zero-order valence-electron chi connectivity index (χ0n) is 9.51. The van der Waals surface area contributed by atoms with E-state index in [1.54, 1.807) is 0 Å². The number of hydrogen-bond acceptors (Lipinski definition) is 4. The van der Waals surface area contributed by atoms with Gasteiger partial charge in [-0.15, -0.1) is 0 Å². The summed E-state index contributed by atoms with van der Waals surface area (Å²) in [5, 5.41) is 9.35. The molecular weight excluding hydrogens is 291 g/mol. The number of nitrogens with zero attached hydrogens (tertiary/aromatic N) is 2. The zero-order chi connectivity index (χ0) is 13.8. The number of carboxylic acid groups (broad SMARTS) is 1. The number of halogens is 2. The normalized spacial score (nSPS) is 10.2. The highest BCUT2D eigenvalue weighted by atomic mass is 35.5. The Morgan fingerprint density at radius 1 is 1.26 bits per heavy atom. The Morgan fingerprint density at radius 2 is 2.00 bits per heavy atom. The van der Waals surface area contributed by atoms with Crippen LogP contribution >= 0.6 is 23.2 Å². The summed E-state index contributed by atoms with van der Waals surface area (Å²) in [5.41, 5.74) is 0.382. The molecule has 7 heteroatoms. The summed E-state index contributed by atoms with van der Waals surface area (Å²) in [5.74, 6) is -1.19. The zero-order valence-corrected chi connectivity index (χ0v) is 11.0. The lowest BCUT2D eigenvalue weighted by atomic mass is 10.2. The average Bonchev–Trinajstić information content (AvgIpc) is 2.40. The van der Waals surface area contributed by atoms with Crippen LogP contribution in [0.5, 0.6) is 5.75 Å². The number of benzene rings is 1. The van der Waals surface area contributed by atoms with E-state index in [9.17, 15) is 4.79 Å². The average molecular weight is 299 g/mol. The van der Waals surface area contributed by atoms with Crippen molar-refractivity contribution in [2.24, 2.45) is 0 Å². The summed E-state index contributed by atoms with van der Waals surface area (Å²) in [7, 11) is 0. The minimum atomic E-state index is -1.21. The van der Waals surface area contributed by atoms with Crippen molar-refractivity contribution in [3.05, 3.63) is 52.0 Å². The summed E-state index contributed by atoms with van der Waals surface area (Å²) < 4.78 is 5.40. The Hall–Kier alpha value is -1.85. The fourth-order valence-corrected chi connectivity index (χ4v) is 1.87. The van der Waals surface area contributed by atoms with Crippen molar-refractivity contribution in [3.63, 3.8) is 0 Å². The minimum Gasteiger partial charge on any atom is -0.485 e. The lowest BCUT2D eigenvalue weighted by molar-refractivity contribution is 0.0692. The molecule has 0 unspecified atom stereocenters. The fraction of sp³-hybridized carbons (Fsp3) is 0.0833. The van der Waals surface area contributed by atoms with Crippen molar-refractivity contribution in [2.75, 3.05) is 0 Å². The molecule has 0 saturated heterocycles. The topological polar surface area (TPSA) is 72.3 Å². The second-order valence-electron chi connectivity index (χ2n) is 3.52. The van der Waals surface area contributed by atoms with Gasteiger partial charge in [0.2, 0.25) is 0 Å². The van der Waals surface area contributed by atoms with E-state index >= 15 is 0 Å². The van der Waals surface area contributed by atoms with Crippen LogP contribution in [0.2, 0.25) is 10.0 Å². The van der Waals surface area contributed by atoms with Crippen LogP contribution in [0, 0.1) is 0 Å². The first-order valence-electron chi connectivity index (χ1n) is 5.18. The van der Waals surface area contributed by atoms with Gasteiger partial charge < -0.3 is 9.84 Å². The van der Waals surface area contributed by atoms with Crippen molar-refractivity contribution in [1.29, 1.82) is 0 Å². The van der Waals surface area contributed by atoms with Crippen LogP contribution in [-0.4, -0.2) is 21.0 Å². The molecule has 0 amide bonds. The van der Waals surface area contributed by atoms with Crippen LogP contribution in [0.3, 0.4) is 0 Å². The van der Waals surface area contributed by atoms with Crippen LogP contribution in [0.1, 0.15) is 16.1 Å². The van der Waals surface area contributed by atoms with E-state index in [1.165, 1.54) is 30.7 Å². The molecule has 19 heavy (non-hydrogen) atoms. The lowest BCUT2D eigenvalue weighted by Crippen LogP contribution is -2.06. The third-order valence-electron chi connectivity index (χ3n) is 2.25. The van der Waals surface area contributed by atoms with Crippen molar-refractivity contribution in [3.8, 4) is 5.75 Å². The molecule has 0 fully saturated rings. The molecule has 0 spiro atoms. The molecule has 0 aliphatic heterocycles. The molecule has 98 valence electrons. The Bertz CT molecular complexity index is 605. The van der Waals surface area contributed by atoms with Gasteiger partial charge in [-0.2, -0.15) is 0 Å². The minimum absolute atomic E-state index is 0.0207. The lowest BCUT2D eigenvalue weighted by Gasteiger charge is -2.11. The van der Waals surface area contributed by atoms with E-state index in [1.807, 2.05) is 0 Å². The monoisotopic (exact) mass is 298 g/mol. The molecular formula is C12H8Cl2N2O3. The molecule has 0 radical (unpaired) electrons. The maximum Gasteiger partial charge on any atom is 0.341 e. The van der Waals surface area contributed by atoms with E-state index < -0.39 is 5.97 Å². The van der Waals surface area contributed by atoms with Crippen LogP contribution < -0.4 is 4.74 Å². The maximum absolute atomic E-state index is 11.2. The van der Waals surface area contributed by atoms with Gasteiger partial charge in [-0.25, -0.2) is 4.79 Å². The van der Waals surface area contributed by atoms with Gasteiger partial charge in [0.05, 0.1) is 21.9 Å². The molecule has 1 heterocycles. The van der Waals surface area contributed by atoms with Crippen LogP contribution in [0.4, 0.5) is 0 Å². The summed E-state index contributed by atoms with van der Waals surface area (Å²) in [4.78, 5) is 19.0. The number of ether oxygens (including phenoxy) is 1. The molecule has 0 aliphatic rings. The van der Waals surface area contributed by atoms with Crippen LogP contribution in [-0.2, 0) is 6.61 Å². The van der Waals surface area contributed by atoms with Crippen LogP contribution in [0.25, 0.3) is 0 Å². The number of hydrogen-bond donors (Lipinski definition) is 1. The van der Waals surface area contributed by atoms with Gasteiger partial charge in [0.1, 0.15) is 12.2 Å². The Labute approximate surface area is 118 Å². The first-order chi connectivity index (χ1) is 9.09.